The van der Waals surface area contributed by atoms with Crippen molar-refractivity contribution in [2.45, 2.75) is 38.3 Å². The van der Waals surface area contributed by atoms with Crippen LogP contribution in [0.1, 0.15) is 30.9 Å². The van der Waals surface area contributed by atoms with E-state index in [1.165, 1.54) is 11.1 Å². The van der Waals surface area contributed by atoms with Gasteiger partial charge in [-0.3, -0.25) is 0 Å². The lowest BCUT2D eigenvalue weighted by atomic mass is 9.91. The fourth-order valence-electron chi connectivity index (χ4n) is 2.27. The average Bonchev–Trinajstić information content (AvgIpc) is 2.52. The minimum atomic E-state index is -0.174. The zero-order valence-corrected chi connectivity index (χ0v) is 12.8. The summed E-state index contributed by atoms with van der Waals surface area (Å²) in [6.07, 6.45) is 2.88. The van der Waals surface area contributed by atoms with Crippen LogP contribution < -0.4 is 5.73 Å². The molecule has 2 heteroatoms. The van der Waals surface area contributed by atoms with Crippen LogP contribution in [0.5, 0.6) is 0 Å². The first-order valence-electron chi connectivity index (χ1n) is 7.60. The fourth-order valence-corrected chi connectivity index (χ4v) is 2.27. The van der Waals surface area contributed by atoms with Crippen LogP contribution in [0.3, 0.4) is 0 Å². The Balaban J connectivity index is 1.66. The van der Waals surface area contributed by atoms with E-state index in [9.17, 15) is 0 Å². The molecule has 0 radical (unpaired) electrons. The molecule has 0 spiro atoms. The van der Waals surface area contributed by atoms with E-state index in [4.69, 9.17) is 10.5 Å². The quantitative estimate of drug-likeness (QED) is 0.745. The van der Waals surface area contributed by atoms with Gasteiger partial charge in [0.15, 0.2) is 0 Å². The maximum absolute atomic E-state index is 6.36. The summed E-state index contributed by atoms with van der Waals surface area (Å²) in [5.74, 6) is 0. The van der Waals surface area contributed by atoms with E-state index in [1.807, 2.05) is 24.3 Å². The predicted molar refractivity (Wildman–Crippen MR) is 88.1 cm³/mol. The van der Waals surface area contributed by atoms with Crippen molar-refractivity contribution in [3.8, 4) is 0 Å². The fraction of sp³-hybridized carbons (Fsp3) is 0.368. The van der Waals surface area contributed by atoms with Crippen molar-refractivity contribution in [2.75, 3.05) is 6.61 Å². The summed E-state index contributed by atoms with van der Waals surface area (Å²) in [6.45, 7) is 3.48. The molecule has 1 unspecified atom stereocenters. The third-order valence-corrected chi connectivity index (χ3v) is 3.76. The summed E-state index contributed by atoms with van der Waals surface area (Å²) in [5, 5.41) is 0. The Morgan fingerprint density at radius 3 is 2.05 bits per heavy atom. The number of nitrogens with two attached hydrogens (primary N) is 1. The van der Waals surface area contributed by atoms with E-state index in [0.717, 1.165) is 19.3 Å². The van der Waals surface area contributed by atoms with Gasteiger partial charge in [0, 0.05) is 12.1 Å². The second kappa shape index (κ2) is 7.96. The number of rotatable bonds is 8. The van der Waals surface area contributed by atoms with Crippen molar-refractivity contribution in [1.82, 2.24) is 0 Å². The van der Waals surface area contributed by atoms with Crippen LogP contribution in [0.25, 0.3) is 0 Å². The molecule has 2 rings (SSSR count). The van der Waals surface area contributed by atoms with Gasteiger partial charge in [0.05, 0.1) is 6.61 Å². The summed E-state index contributed by atoms with van der Waals surface area (Å²) in [5.41, 5.74) is 8.75. The Hall–Kier alpha value is -1.64. The van der Waals surface area contributed by atoms with Crippen LogP contribution in [-0.4, -0.2) is 12.1 Å². The molecule has 0 saturated carbocycles. The molecule has 21 heavy (non-hydrogen) atoms. The van der Waals surface area contributed by atoms with Crippen molar-refractivity contribution in [2.24, 2.45) is 5.73 Å². The summed E-state index contributed by atoms with van der Waals surface area (Å²) in [7, 11) is 0. The Bertz CT molecular complexity index is 508. The molecule has 2 nitrogen and oxygen atoms in total. The third-order valence-electron chi connectivity index (χ3n) is 3.76. The second-order valence-electron chi connectivity index (χ2n) is 5.93. The molecule has 2 aromatic rings. The maximum Gasteiger partial charge on any atom is 0.0716 e. The topological polar surface area (TPSA) is 35.2 Å². The van der Waals surface area contributed by atoms with E-state index >= 15 is 0 Å². The molecule has 2 N–H and O–H groups in total. The van der Waals surface area contributed by atoms with Gasteiger partial charge in [-0.15, -0.1) is 0 Å². The van der Waals surface area contributed by atoms with E-state index < -0.39 is 0 Å². The minimum Gasteiger partial charge on any atom is -0.377 e. The SMILES string of the molecule is CC(N)(CCOCc1ccccc1)CCc1ccccc1. The summed E-state index contributed by atoms with van der Waals surface area (Å²) >= 11 is 0. The van der Waals surface area contributed by atoms with Crippen LogP contribution in [0.4, 0.5) is 0 Å². The molecular weight excluding hydrogens is 258 g/mol. The molecule has 0 aliphatic rings. The van der Waals surface area contributed by atoms with Crippen LogP contribution >= 0.6 is 0 Å². The number of ether oxygens (including phenoxy) is 1. The summed E-state index contributed by atoms with van der Waals surface area (Å²) in [6, 6.07) is 20.8. The van der Waals surface area contributed by atoms with E-state index in [-0.39, 0.29) is 5.54 Å². The van der Waals surface area contributed by atoms with Gasteiger partial charge in [-0.1, -0.05) is 60.7 Å². The van der Waals surface area contributed by atoms with Crippen LogP contribution in [0.2, 0.25) is 0 Å². The Morgan fingerprint density at radius 1 is 0.857 bits per heavy atom. The average molecular weight is 283 g/mol. The largest absolute Gasteiger partial charge is 0.377 e. The zero-order valence-electron chi connectivity index (χ0n) is 12.8. The number of hydrogen-bond acceptors (Lipinski definition) is 2. The van der Waals surface area contributed by atoms with Crippen molar-refractivity contribution >= 4 is 0 Å². The first-order chi connectivity index (χ1) is 10.2. The molecule has 112 valence electrons. The molecule has 0 aliphatic carbocycles. The zero-order chi connectivity index (χ0) is 15.0. The van der Waals surface area contributed by atoms with Gasteiger partial charge in [-0.25, -0.2) is 0 Å². The van der Waals surface area contributed by atoms with Crippen LogP contribution in [0, 0.1) is 0 Å². The van der Waals surface area contributed by atoms with Gasteiger partial charge in [-0.2, -0.15) is 0 Å². The van der Waals surface area contributed by atoms with Crippen molar-refractivity contribution in [3.05, 3.63) is 71.8 Å². The molecule has 0 saturated heterocycles. The van der Waals surface area contributed by atoms with Gasteiger partial charge < -0.3 is 10.5 Å². The Labute approximate surface area is 127 Å². The molecule has 0 bridgehead atoms. The second-order valence-corrected chi connectivity index (χ2v) is 5.93. The predicted octanol–water partition coefficient (Wildman–Crippen LogP) is 3.94. The number of aryl methyl sites for hydroxylation is 1. The lowest BCUT2D eigenvalue weighted by molar-refractivity contribution is 0.103. The van der Waals surface area contributed by atoms with Crippen molar-refractivity contribution in [3.63, 3.8) is 0 Å². The minimum absolute atomic E-state index is 0.174. The highest BCUT2D eigenvalue weighted by Gasteiger charge is 2.17. The number of benzene rings is 2. The summed E-state index contributed by atoms with van der Waals surface area (Å²) < 4.78 is 5.73. The first kappa shape index (κ1) is 15.7. The highest BCUT2D eigenvalue weighted by molar-refractivity contribution is 5.15. The van der Waals surface area contributed by atoms with Crippen LogP contribution in [-0.2, 0) is 17.8 Å². The lowest BCUT2D eigenvalue weighted by Gasteiger charge is -2.24. The van der Waals surface area contributed by atoms with Crippen molar-refractivity contribution < 1.29 is 4.74 Å². The Morgan fingerprint density at radius 2 is 1.43 bits per heavy atom. The molecular formula is C19H25NO. The summed E-state index contributed by atoms with van der Waals surface area (Å²) in [4.78, 5) is 0. The monoisotopic (exact) mass is 283 g/mol. The molecule has 1 atom stereocenters. The van der Waals surface area contributed by atoms with E-state index in [0.29, 0.717) is 13.2 Å². The third kappa shape index (κ3) is 6.11. The number of hydrogen-bond donors (Lipinski definition) is 1. The molecule has 2 aromatic carbocycles. The normalized spacial score (nSPS) is 13.8. The molecule has 0 aliphatic heterocycles. The van der Waals surface area contributed by atoms with Crippen molar-refractivity contribution in [1.29, 1.82) is 0 Å². The van der Waals surface area contributed by atoms with Gasteiger partial charge in [0.25, 0.3) is 0 Å². The first-order valence-corrected chi connectivity index (χ1v) is 7.60. The highest BCUT2D eigenvalue weighted by Crippen LogP contribution is 2.15. The van der Waals surface area contributed by atoms with Gasteiger partial charge in [0.1, 0.15) is 0 Å². The van der Waals surface area contributed by atoms with E-state index in [1.54, 1.807) is 0 Å². The molecule has 0 heterocycles. The Kier molecular flexibility index (Phi) is 5.97. The van der Waals surface area contributed by atoms with Gasteiger partial charge >= 0.3 is 0 Å². The molecule has 0 aromatic heterocycles. The van der Waals surface area contributed by atoms with E-state index in [2.05, 4.69) is 43.3 Å². The van der Waals surface area contributed by atoms with Crippen LogP contribution in [0.15, 0.2) is 60.7 Å². The molecule has 0 fully saturated rings. The smallest absolute Gasteiger partial charge is 0.0716 e. The molecule has 0 amide bonds. The standard InChI is InChI=1S/C19H25NO/c1-19(20,13-12-17-8-4-2-5-9-17)14-15-21-16-18-10-6-3-7-11-18/h2-11H,12-16,20H2,1H3. The van der Waals surface area contributed by atoms with Gasteiger partial charge in [-0.05, 0) is 37.3 Å². The maximum atomic E-state index is 6.36. The van der Waals surface area contributed by atoms with Gasteiger partial charge in [0.2, 0.25) is 0 Å². The lowest BCUT2D eigenvalue weighted by Crippen LogP contribution is -2.37. The highest BCUT2D eigenvalue weighted by atomic mass is 16.5.